The van der Waals surface area contributed by atoms with Gasteiger partial charge in [-0.3, -0.25) is 14.4 Å². The molecule has 1 aliphatic carbocycles. The molecule has 0 radical (unpaired) electrons. The maximum Gasteiger partial charge on any atom is 0.251 e. The third-order valence-electron chi connectivity index (χ3n) is 6.49. The van der Waals surface area contributed by atoms with Gasteiger partial charge in [-0.05, 0) is 79.6 Å². The van der Waals surface area contributed by atoms with Gasteiger partial charge in [-0.25, -0.2) is 5.26 Å². The van der Waals surface area contributed by atoms with Crippen LogP contribution in [0, 0.1) is 18.3 Å². The molecule has 8 nitrogen and oxygen atoms in total. The van der Waals surface area contributed by atoms with Crippen molar-refractivity contribution in [3.8, 4) is 11.8 Å². The average Bonchev–Trinajstić information content (AvgIpc) is 2.87. The predicted molar refractivity (Wildman–Crippen MR) is 126 cm³/mol. The van der Waals surface area contributed by atoms with Gasteiger partial charge in [0.1, 0.15) is 0 Å². The number of Topliss-reactive ketones (excluding diaryl/α,β-unsaturated/α-hetero) is 1. The maximum atomic E-state index is 13.3. The molecule has 2 aromatic carbocycles. The average molecular weight is 464 g/mol. The van der Waals surface area contributed by atoms with Crippen molar-refractivity contribution in [1.29, 1.82) is 5.26 Å². The van der Waals surface area contributed by atoms with Gasteiger partial charge < -0.3 is 15.5 Å². The van der Waals surface area contributed by atoms with E-state index in [-0.39, 0.29) is 35.5 Å². The zero-order chi connectivity index (χ0) is 24.7. The monoisotopic (exact) mass is 463 g/mol. The Kier molecular flexibility index (Phi) is 8.39. The number of amides is 2. The van der Waals surface area contributed by atoms with E-state index in [4.69, 9.17) is 5.26 Å². The van der Waals surface area contributed by atoms with Crippen LogP contribution in [0.1, 0.15) is 87.9 Å². The van der Waals surface area contributed by atoms with Gasteiger partial charge in [0.25, 0.3) is 5.91 Å². The van der Waals surface area contributed by atoms with Crippen molar-refractivity contribution < 1.29 is 24.5 Å². The van der Waals surface area contributed by atoms with Crippen LogP contribution in [0.5, 0.6) is 5.75 Å². The minimum absolute atomic E-state index is 0.0894. The number of rotatable bonds is 9. The number of nitrogens with one attached hydrogen (secondary N) is 2. The maximum absolute atomic E-state index is 13.3. The molecule has 1 aliphatic rings. The van der Waals surface area contributed by atoms with E-state index in [1.54, 1.807) is 31.2 Å². The minimum atomic E-state index is -0.793. The first-order valence-corrected chi connectivity index (χ1v) is 11.4. The Morgan fingerprint density at radius 2 is 1.91 bits per heavy atom. The Morgan fingerprint density at radius 1 is 1.24 bits per heavy atom. The molecule has 178 valence electrons. The SMILES string of the molecule is Cc1c(OO)cc(C(=O)C(C)NC=O)c(CNC(=O)c2ccc(C#N)cc2)c1C1CCCCC1. The number of nitrogens with zero attached hydrogens (tertiary/aromatic N) is 1. The molecule has 3 N–H and O–H groups in total. The molecule has 1 atom stereocenters. The summed E-state index contributed by atoms with van der Waals surface area (Å²) >= 11 is 0. The number of benzene rings is 2. The second-order valence-corrected chi connectivity index (χ2v) is 8.61. The number of carbonyl (C=O) groups excluding carboxylic acids is 3. The van der Waals surface area contributed by atoms with E-state index in [1.165, 1.54) is 6.07 Å². The van der Waals surface area contributed by atoms with Gasteiger partial charge in [0.05, 0.1) is 17.7 Å². The molecule has 0 saturated heterocycles. The fourth-order valence-electron chi connectivity index (χ4n) is 4.66. The van der Waals surface area contributed by atoms with E-state index in [2.05, 4.69) is 15.5 Å². The van der Waals surface area contributed by atoms with Gasteiger partial charge in [-0.1, -0.05) is 19.3 Å². The molecule has 1 unspecified atom stereocenters. The Hall–Kier alpha value is -3.70. The predicted octanol–water partition coefficient (Wildman–Crippen LogP) is 4.01. The number of hydrogen-bond acceptors (Lipinski definition) is 6. The molecule has 8 heteroatoms. The van der Waals surface area contributed by atoms with E-state index in [0.717, 1.165) is 43.2 Å². The fourth-order valence-corrected chi connectivity index (χ4v) is 4.66. The molecule has 1 saturated carbocycles. The highest BCUT2D eigenvalue weighted by molar-refractivity contribution is 6.03. The summed E-state index contributed by atoms with van der Waals surface area (Å²) in [6.45, 7) is 3.50. The topological polar surface area (TPSA) is 129 Å². The van der Waals surface area contributed by atoms with Crippen molar-refractivity contribution >= 4 is 18.1 Å². The lowest BCUT2D eigenvalue weighted by molar-refractivity contribution is -0.138. The summed E-state index contributed by atoms with van der Waals surface area (Å²) in [6.07, 6.45) is 5.58. The number of ketones is 1. The van der Waals surface area contributed by atoms with Crippen molar-refractivity contribution in [2.75, 3.05) is 0 Å². The summed E-state index contributed by atoms with van der Waals surface area (Å²) in [7, 11) is 0. The quantitative estimate of drug-likeness (QED) is 0.223. The molecule has 2 aromatic rings. The zero-order valence-electron chi connectivity index (χ0n) is 19.4. The van der Waals surface area contributed by atoms with Gasteiger partial charge in [0.15, 0.2) is 11.5 Å². The van der Waals surface area contributed by atoms with Crippen molar-refractivity contribution in [1.82, 2.24) is 10.6 Å². The molecule has 34 heavy (non-hydrogen) atoms. The first kappa shape index (κ1) is 24.9. The standard InChI is InChI=1S/C26H29N3O5/c1-16-23(34-33)12-21(25(31)17(2)29-15-30)22(24(16)19-6-4-3-5-7-19)14-28-26(32)20-10-8-18(13-27)9-11-20/h8-12,15,17,19,33H,3-7,14H2,1-2H3,(H,28,32)(H,29,30). The molecule has 0 spiro atoms. The smallest absolute Gasteiger partial charge is 0.251 e. The molecule has 0 aliphatic heterocycles. The highest BCUT2D eigenvalue weighted by atomic mass is 17.1. The highest BCUT2D eigenvalue weighted by Gasteiger charge is 2.29. The lowest BCUT2D eigenvalue weighted by atomic mass is 9.78. The molecule has 0 bridgehead atoms. The Bertz CT molecular complexity index is 1100. The van der Waals surface area contributed by atoms with Crippen LogP contribution in [0.25, 0.3) is 0 Å². The fraction of sp³-hybridized carbons (Fsp3) is 0.385. The molecule has 1 fully saturated rings. The summed E-state index contributed by atoms with van der Waals surface area (Å²) < 4.78 is 0. The third-order valence-corrected chi connectivity index (χ3v) is 6.49. The summed E-state index contributed by atoms with van der Waals surface area (Å²) in [5.74, 6) is -0.335. The second kappa shape index (κ2) is 11.4. The van der Waals surface area contributed by atoms with E-state index >= 15 is 0 Å². The van der Waals surface area contributed by atoms with E-state index in [9.17, 15) is 19.6 Å². The van der Waals surface area contributed by atoms with Crippen LogP contribution in [-0.4, -0.2) is 29.4 Å². The lowest BCUT2D eigenvalue weighted by Crippen LogP contribution is -2.34. The van der Waals surface area contributed by atoms with Crippen LogP contribution >= 0.6 is 0 Å². The van der Waals surface area contributed by atoms with Gasteiger partial charge in [-0.15, -0.1) is 0 Å². The van der Waals surface area contributed by atoms with Crippen LogP contribution in [0.2, 0.25) is 0 Å². The molecule has 2 amide bonds. The molecule has 3 rings (SSSR count). The van der Waals surface area contributed by atoms with Crippen molar-refractivity contribution in [2.45, 2.75) is 64.5 Å². The number of nitriles is 1. The van der Waals surface area contributed by atoms with Crippen molar-refractivity contribution in [3.63, 3.8) is 0 Å². The lowest BCUT2D eigenvalue weighted by Gasteiger charge is -2.29. The van der Waals surface area contributed by atoms with Gasteiger partial charge in [0.2, 0.25) is 6.41 Å². The molecular weight excluding hydrogens is 434 g/mol. The normalized spacial score (nSPS) is 14.5. The zero-order valence-corrected chi connectivity index (χ0v) is 19.4. The Balaban J connectivity index is 2.04. The first-order valence-electron chi connectivity index (χ1n) is 11.4. The van der Waals surface area contributed by atoms with Gasteiger partial charge in [0, 0.05) is 17.7 Å². The Morgan fingerprint density at radius 3 is 2.50 bits per heavy atom. The summed E-state index contributed by atoms with van der Waals surface area (Å²) in [6, 6.07) is 8.99. The molecule has 0 heterocycles. The van der Waals surface area contributed by atoms with Crippen LogP contribution < -0.4 is 15.5 Å². The first-order chi connectivity index (χ1) is 16.4. The summed E-state index contributed by atoms with van der Waals surface area (Å²) in [5.41, 5.74) is 3.43. The number of hydrogen-bond donors (Lipinski definition) is 3. The second-order valence-electron chi connectivity index (χ2n) is 8.61. The van der Waals surface area contributed by atoms with Crippen LogP contribution in [0.3, 0.4) is 0 Å². The van der Waals surface area contributed by atoms with E-state index in [1.807, 2.05) is 13.0 Å². The molecular formula is C26H29N3O5. The van der Waals surface area contributed by atoms with E-state index < -0.39 is 6.04 Å². The van der Waals surface area contributed by atoms with Gasteiger partial charge >= 0.3 is 0 Å². The Labute approximate surface area is 198 Å². The largest absolute Gasteiger partial charge is 0.349 e. The molecule has 0 aromatic heterocycles. The highest BCUT2D eigenvalue weighted by Crippen LogP contribution is 2.41. The minimum Gasteiger partial charge on any atom is -0.349 e. The summed E-state index contributed by atoms with van der Waals surface area (Å²) in [5, 5.41) is 23.9. The van der Waals surface area contributed by atoms with Crippen LogP contribution in [0.4, 0.5) is 0 Å². The summed E-state index contributed by atoms with van der Waals surface area (Å²) in [4.78, 5) is 41.6. The van der Waals surface area contributed by atoms with Crippen LogP contribution in [0.15, 0.2) is 30.3 Å². The van der Waals surface area contributed by atoms with E-state index in [0.29, 0.717) is 23.1 Å². The third kappa shape index (κ3) is 5.43. The van der Waals surface area contributed by atoms with Crippen LogP contribution in [-0.2, 0) is 11.3 Å². The number of carbonyl (C=O) groups is 3. The van der Waals surface area contributed by atoms with Gasteiger partial charge in [-0.2, -0.15) is 5.26 Å². The van der Waals surface area contributed by atoms with Crippen molar-refractivity contribution in [2.24, 2.45) is 0 Å². The van der Waals surface area contributed by atoms with Crippen molar-refractivity contribution in [3.05, 3.63) is 63.7 Å².